The third-order valence-electron chi connectivity index (χ3n) is 2.67. The predicted molar refractivity (Wildman–Crippen MR) is 84.1 cm³/mol. The average Bonchev–Trinajstić information content (AvgIpc) is 2.82. The van der Waals surface area contributed by atoms with E-state index in [1.807, 2.05) is 24.3 Å². The summed E-state index contributed by atoms with van der Waals surface area (Å²) in [5.41, 5.74) is 6.20. The van der Waals surface area contributed by atoms with Gasteiger partial charge in [0.05, 0.1) is 15.2 Å². The van der Waals surface area contributed by atoms with Crippen LogP contribution in [0.25, 0.3) is 10.2 Å². The number of nitrogens with one attached hydrogen (secondary N) is 1. The molecule has 0 unspecified atom stereocenters. The maximum atomic E-state index is 12.3. The number of sulfonamides is 1. The summed E-state index contributed by atoms with van der Waals surface area (Å²) in [7, 11) is -3.80. The lowest BCUT2D eigenvalue weighted by Crippen LogP contribution is -2.13. The number of nitrogen functional groups attached to an aromatic ring is 1. The number of para-hydroxylation sites is 1. The molecule has 21 heavy (non-hydrogen) atoms. The molecule has 0 saturated heterocycles. The van der Waals surface area contributed by atoms with Crippen LogP contribution in [0, 0.1) is 0 Å². The van der Waals surface area contributed by atoms with Gasteiger partial charge in [0, 0.05) is 6.20 Å². The number of aromatic nitrogens is 2. The Balaban J connectivity index is 1.96. The fourth-order valence-corrected chi connectivity index (χ4v) is 3.97. The van der Waals surface area contributed by atoms with E-state index in [0.717, 1.165) is 16.4 Å². The highest BCUT2D eigenvalue weighted by Gasteiger charge is 2.18. The highest BCUT2D eigenvalue weighted by Crippen LogP contribution is 2.28. The number of halogens is 1. The number of thiazole rings is 1. The molecule has 3 aromatic rings. The molecule has 0 amide bonds. The van der Waals surface area contributed by atoms with Crippen molar-refractivity contribution in [3.63, 3.8) is 0 Å². The number of anilines is 2. The summed E-state index contributed by atoms with van der Waals surface area (Å²) in [6.45, 7) is 0. The minimum Gasteiger partial charge on any atom is -0.382 e. The van der Waals surface area contributed by atoms with Crippen LogP contribution in [-0.4, -0.2) is 18.4 Å². The van der Waals surface area contributed by atoms with Crippen molar-refractivity contribution in [3.8, 4) is 0 Å². The molecule has 0 aliphatic carbocycles. The largest absolute Gasteiger partial charge is 0.382 e. The Hall–Kier alpha value is -1.90. The van der Waals surface area contributed by atoms with Gasteiger partial charge in [-0.3, -0.25) is 4.72 Å². The summed E-state index contributed by atoms with van der Waals surface area (Å²) < 4.78 is 27.8. The molecule has 0 fully saturated rings. The lowest BCUT2D eigenvalue weighted by Gasteiger charge is -2.05. The molecule has 0 radical (unpaired) electrons. The van der Waals surface area contributed by atoms with Crippen LogP contribution in [0.15, 0.2) is 41.4 Å². The molecule has 2 heterocycles. The molecule has 0 atom stereocenters. The summed E-state index contributed by atoms with van der Waals surface area (Å²) >= 11 is 7.04. The molecule has 0 spiro atoms. The van der Waals surface area contributed by atoms with Crippen LogP contribution in [-0.2, 0) is 10.0 Å². The Labute approximate surface area is 129 Å². The summed E-state index contributed by atoms with van der Waals surface area (Å²) in [4.78, 5) is 7.88. The molecule has 0 saturated carbocycles. The number of nitrogens with zero attached hydrogens (tertiary/aromatic N) is 2. The van der Waals surface area contributed by atoms with Crippen molar-refractivity contribution < 1.29 is 8.42 Å². The fraction of sp³-hybridized carbons (Fsp3) is 0. The molecular formula is C12H9ClN4O2S2. The Morgan fingerprint density at radius 3 is 2.76 bits per heavy atom. The molecule has 0 bridgehead atoms. The van der Waals surface area contributed by atoms with Gasteiger partial charge in [0.25, 0.3) is 10.0 Å². The molecular weight excluding hydrogens is 332 g/mol. The molecule has 0 aliphatic heterocycles. The fourth-order valence-electron chi connectivity index (χ4n) is 1.67. The number of hydrogen-bond donors (Lipinski definition) is 2. The van der Waals surface area contributed by atoms with Gasteiger partial charge in [-0.1, -0.05) is 35.1 Å². The van der Waals surface area contributed by atoms with Crippen LogP contribution < -0.4 is 10.5 Å². The maximum Gasteiger partial charge on any atom is 0.265 e. The molecule has 6 nitrogen and oxygen atoms in total. The molecule has 3 rings (SSSR count). The number of fused-ring (bicyclic) bond motifs is 1. The van der Waals surface area contributed by atoms with Crippen LogP contribution in [0.2, 0.25) is 5.02 Å². The summed E-state index contributed by atoms with van der Waals surface area (Å²) in [5, 5.41) is 0.367. The third-order valence-corrected chi connectivity index (χ3v) is 5.36. The smallest absolute Gasteiger partial charge is 0.265 e. The van der Waals surface area contributed by atoms with Crippen LogP contribution >= 0.6 is 22.9 Å². The summed E-state index contributed by atoms with van der Waals surface area (Å²) in [6, 6.07) is 8.63. The highest BCUT2D eigenvalue weighted by molar-refractivity contribution is 7.93. The van der Waals surface area contributed by atoms with Gasteiger partial charge in [-0.2, -0.15) is 0 Å². The van der Waals surface area contributed by atoms with Crippen molar-refractivity contribution in [3.05, 3.63) is 41.6 Å². The quantitative estimate of drug-likeness (QED) is 0.763. The third kappa shape index (κ3) is 2.78. The Bertz CT molecular complexity index is 891. The molecule has 108 valence electrons. The lowest BCUT2D eigenvalue weighted by molar-refractivity contribution is 0.601. The van der Waals surface area contributed by atoms with E-state index in [2.05, 4.69) is 14.7 Å². The van der Waals surface area contributed by atoms with E-state index in [1.165, 1.54) is 17.4 Å². The van der Waals surface area contributed by atoms with E-state index >= 15 is 0 Å². The van der Waals surface area contributed by atoms with E-state index < -0.39 is 10.0 Å². The lowest BCUT2D eigenvalue weighted by atomic mass is 10.3. The molecule has 0 aliphatic rings. The van der Waals surface area contributed by atoms with Gasteiger partial charge < -0.3 is 5.73 Å². The first kappa shape index (κ1) is 14.1. The monoisotopic (exact) mass is 340 g/mol. The van der Waals surface area contributed by atoms with Crippen molar-refractivity contribution in [1.29, 1.82) is 0 Å². The molecule has 3 N–H and O–H groups in total. The van der Waals surface area contributed by atoms with Crippen LogP contribution in [0.4, 0.5) is 10.9 Å². The number of rotatable bonds is 3. The standard InChI is InChI=1S/C12H9ClN4O2S2/c13-8-5-7(6-15-11(8)14)21(18,19)17-12-16-9-3-1-2-4-10(9)20-12/h1-6H,(H2,14,15)(H,16,17). The minimum atomic E-state index is -3.80. The zero-order valence-corrected chi connectivity index (χ0v) is 12.8. The van der Waals surface area contributed by atoms with Crippen molar-refractivity contribution >= 4 is 54.1 Å². The first-order chi connectivity index (χ1) is 9.95. The molecule has 2 aromatic heterocycles. The van der Waals surface area contributed by atoms with E-state index in [0.29, 0.717) is 0 Å². The molecule has 1 aromatic carbocycles. The Morgan fingerprint density at radius 1 is 1.29 bits per heavy atom. The Kier molecular flexibility index (Phi) is 3.44. The van der Waals surface area contributed by atoms with Crippen molar-refractivity contribution in [1.82, 2.24) is 9.97 Å². The van der Waals surface area contributed by atoms with Gasteiger partial charge in [0.2, 0.25) is 0 Å². The van der Waals surface area contributed by atoms with E-state index in [1.54, 1.807) is 0 Å². The number of nitrogens with two attached hydrogens (primary N) is 1. The van der Waals surface area contributed by atoms with Crippen LogP contribution in [0.1, 0.15) is 0 Å². The Morgan fingerprint density at radius 2 is 2.05 bits per heavy atom. The van der Waals surface area contributed by atoms with Gasteiger partial charge in [0.1, 0.15) is 10.7 Å². The topological polar surface area (TPSA) is 98.0 Å². The second-order valence-corrected chi connectivity index (χ2v) is 7.25. The summed E-state index contributed by atoms with van der Waals surface area (Å²) in [6.07, 6.45) is 1.15. The van der Waals surface area contributed by atoms with Gasteiger partial charge in [-0.15, -0.1) is 0 Å². The van der Waals surface area contributed by atoms with Gasteiger partial charge in [-0.05, 0) is 18.2 Å². The van der Waals surface area contributed by atoms with Crippen LogP contribution in [0.5, 0.6) is 0 Å². The second kappa shape index (κ2) is 5.14. The zero-order chi connectivity index (χ0) is 15.0. The van der Waals surface area contributed by atoms with Crippen molar-refractivity contribution in [2.75, 3.05) is 10.5 Å². The van der Waals surface area contributed by atoms with E-state index in [9.17, 15) is 8.42 Å². The number of hydrogen-bond acceptors (Lipinski definition) is 6. The van der Waals surface area contributed by atoms with E-state index in [-0.39, 0.29) is 20.9 Å². The van der Waals surface area contributed by atoms with Crippen molar-refractivity contribution in [2.45, 2.75) is 4.90 Å². The highest BCUT2D eigenvalue weighted by atomic mass is 35.5. The summed E-state index contributed by atoms with van der Waals surface area (Å²) in [5.74, 6) is 0.0793. The SMILES string of the molecule is Nc1ncc(S(=O)(=O)Nc2nc3ccccc3s2)cc1Cl. The molecule has 9 heteroatoms. The number of benzene rings is 1. The normalized spacial score (nSPS) is 11.7. The van der Waals surface area contributed by atoms with Gasteiger partial charge >= 0.3 is 0 Å². The first-order valence-electron chi connectivity index (χ1n) is 5.75. The van der Waals surface area contributed by atoms with Crippen LogP contribution in [0.3, 0.4) is 0 Å². The number of pyridine rings is 1. The van der Waals surface area contributed by atoms with E-state index in [4.69, 9.17) is 17.3 Å². The van der Waals surface area contributed by atoms with Gasteiger partial charge in [0.15, 0.2) is 5.13 Å². The minimum absolute atomic E-state index is 0.0686. The maximum absolute atomic E-state index is 12.3. The van der Waals surface area contributed by atoms with Crippen molar-refractivity contribution in [2.24, 2.45) is 0 Å². The predicted octanol–water partition coefficient (Wildman–Crippen LogP) is 2.73. The average molecular weight is 341 g/mol. The van der Waals surface area contributed by atoms with Gasteiger partial charge in [-0.25, -0.2) is 18.4 Å². The first-order valence-corrected chi connectivity index (χ1v) is 8.43. The zero-order valence-electron chi connectivity index (χ0n) is 10.4. The second-order valence-electron chi connectivity index (χ2n) is 4.13.